The van der Waals surface area contributed by atoms with E-state index in [1.54, 1.807) is 11.1 Å². The highest BCUT2D eigenvalue weighted by Gasteiger charge is 2.25. The Kier molecular flexibility index (Phi) is 11.7. The predicted molar refractivity (Wildman–Crippen MR) is 175 cm³/mol. The molecule has 1 aromatic carbocycles. The molecule has 1 amide bonds. The van der Waals surface area contributed by atoms with Gasteiger partial charge in [0.25, 0.3) is 0 Å². The second-order valence-corrected chi connectivity index (χ2v) is 12.3. The second kappa shape index (κ2) is 15.6. The van der Waals surface area contributed by atoms with E-state index in [1.165, 1.54) is 12.7 Å². The van der Waals surface area contributed by atoms with E-state index in [1.807, 2.05) is 76.3 Å². The Morgan fingerprint density at radius 2 is 1.78 bits per heavy atom. The molecule has 1 aliphatic rings. The summed E-state index contributed by atoms with van der Waals surface area (Å²) in [5, 5.41) is 3.34. The van der Waals surface area contributed by atoms with Gasteiger partial charge in [0.2, 0.25) is 5.95 Å². The number of aromatic nitrogens is 3. The van der Waals surface area contributed by atoms with Crippen LogP contribution in [0.2, 0.25) is 0 Å². The lowest BCUT2D eigenvalue weighted by atomic mass is 10.1. The van der Waals surface area contributed by atoms with Crippen LogP contribution in [0.5, 0.6) is 0 Å². The number of amides is 1. The number of hydrogen-bond acceptors (Lipinski definition) is 11. The summed E-state index contributed by atoms with van der Waals surface area (Å²) >= 11 is 0. The molecule has 0 aliphatic carbocycles. The van der Waals surface area contributed by atoms with E-state index in [4.69, 9.17) is 14.5 Å². The molecule has 3 heterocycles. The first-order valence-corrected chi connectivity index (χ1v) is 15.3. The highest BCUT2D eigenvalue weighted by Crippen LogP contribution is 2.22. The van der Waals surface area contributed by atoms with Crippen molar-refractivity contribution in [2.45, 2.75) is 39.3 Å². The number of methoxy groups -OCH3 is 1. The smallest absolute Gasteiger partial charge is 0.410 e. The first kappa shape index (κ1) is 33.6. The fourth-order valence-corrected chi connectivity index (χ4v) is 4.95. The van der Waals surface area contributed by atoms with Crippen LogP contribution < -0.4 is 10.2 Å². The predicted octanol–water partition coefficient (Wildman–Crippen LogP) is 4.27. The first-order valence-electron chi connectivity index (χ1n) is 15.3. The van der Waals surface area contributed by atoms with E-state index < -0.39 is 5.60 Å². The fourth-order valence-electron chi connectivity index (χ4n) is 4.95. The molecule has 3 aromatic rings. The van der Waals surface area contributed by atoms with Crippen LogP contribution in [0.25, 0.3) is 11.3 Å². The van der Waals surface area contributed by atoms with Gasteiger partial charge in [-0.05, 0) is 70.1 Å². The van der Waals surface area contributed by atoms with E-state index in [0.29, 0.717) is 19.0 Å². The minimum absolute atomic E-state index is 0.233. The van der Waals surface area contributed by atoms with Crippen LogP contribution in [0.1, 0.15) is 32.8 Å². The number of ether oxygens (including phenoxy) is 2. The topological polar surface area (TPSA) is 116 Å². The van der Waals surface area contributed by atoms with Crippen molar-refractivity contribution in [3.05, 3.63) is 60.4 Å². The van der Waals surface area contributed by atoms with Gasteiger partial charge in [0, 0.05) is 76.5 Å². The van der Waals surface area contributed by atoms with Gasteiger partial charge in [-0.1, -0.05) is 12.1 Å². The molecule has 0 spiro atoms. The van der Waals surface area contributed by atoms with Gasteiger partial charge in [-0.25, -0.2) is 19.7 Å². The number of carbonyl (C=O) groups is 2. The number of benzene rings is 1. The van der Waals surface area contributed by atoms with E-state index in [0.717, 1.165) is 61.9 Å². The molecule has 1 aliphatic heterocycles. The number of rotatable bonds is 12. The Labute approximate surface area is 266 Å². The Balaban J connectivity index is 1.28. The number of nitrogens with zero attached hydrogens (tertiary/aromatic N) is 7. The maximum Gasteiger partial charge on any atom is 0.410 e. The van der Waals surface area contributed by atoms with Crippen molar-refractivity contribution in [1.82, 2.24) is 29.7 Å². The van der Waals surface area contributed by atoms with E-state index in [2.05, 4.69) is 37.2 Å². The van der Waals surface area contributed by atoms with Crippen LogP contribution in [0, 0.1) is 0 Å². The molecular weight excluding hydrogens is 572 g/mol. The van der Waals surface area contributed by atoms with Crippen molar-refractivity contribution in [3.63, 3.8) is 0 Å². The Morgan fingerprint density at radius 3 is 2.47 bits per heavy atom. The summed E-state index contributed by atoms with van der Waals surface area (Å²) in [6.07, 6.45) is 4.21. The molecule has 12 heteroatoms. The highest BCUT2D eigenvalue weighted by molar-refractivity contribution is 5.71. The average molecular weight is 619 g/mol. The molecule has 2 aromatic heterocycles. The molecular formula is C33H46N8O4. The summed E-state index contributed by atoms with van der Waals surface area (Å²) in [7, 11) is 5.32. The Morgan fingerprint density at radius 1 is 1.00 bits per heavy atom. The summed E-state index contributed by atoms with van der Waals surface area (Å²) in [6.45, 7) is 11.2. The van der Waals surface area contributed by atoms with Gasteiger partial charge in [0.05, 0.1) is 19.3 Å². The van der Waals surface area contributed by atoms with E-state index in [9.17, 15) is 9.59 Å². The van der Waals surface area contributed by atoms with Crippen molar-refractivity contribution < 1.29 is 19.1 Å². The van der Waals surface area contributed by atoms with Gasteiger partial charge >= 0.3 is 12.1 Å². The fraction of sp³-hybridized carbons (Fsp3) is 0.485. The summed E-state index contributed by atoms with van der Waals surface area (Å²) in [5.74, 6) is 1.14. The van der Waals surface area contributed by atoms with Crippen LogP contribution in [0.4, 0.5) is 22.2 Å². The summed E-state index contributed by atoms with van der Waals surface area (Å²) in [5.41, 5.74) is 3.26. The zero-order valence-corrected chi connectivity index (χ0v) is 27.3. The van der Waals surface area contributed by atoms with Crippen LogP contribution >= 0.6 is 0 Å². The third kappa shape index (κ3) is 10.7. The Bertz CT molecular complexity index is 1400. The van der Waals surface area contributed by atoms with E-state index >= 15 is 0 Å². The lowest BCUT2D eigenvalue weighted by Crippen LogP contribution is -2.49. The molecule has 0 bridgehead atoms. The van der Waals surface area contributed by atoms with Crippen molar-refractivity contribution >= 4 is 29.5 Å². The number of piperazine rings is 1. The molecule has 1 saturated heterocycles. The number of likely N-dealkylation sites (N-methyl/N-ethyl adjacent to an activating group) is 1. The van der Waals surface area contributed by atoms with Crippen molar-refractivity contribution in [2.75, 3.05) is 77.2 Å². The van der Waals surface area contributed by atoms with Gasteiger partial charge in [0.1, 0.15) is 11.4 Å². The number of nitrogens with one attached hydrogen (secondary N) is 1. The van der Waals surface area contributed by atoms with Gasteiger partial charge in [-0.2, -0.15) is 0 Å². The highest BCUT2D eigenvalue weighted by atomic mass is 16.6. The molecule has 0 radical (unpaired) electrons. The third-order valence-electron chi connectivity index (χ3n) is 7.36. The molecule has 4 rings (SSSR count). The quantitative estimate of drug-likeness (QED) is 0.294. The maximum atomic E-state index is 12.4. The Hall–Kier alpha value is -4.29. The second-order valence-electron chi connectivity index (χ2n) is 12.3. The van der Waals surface area contributed by atoms with Crippen molar-refractivity contribution in [3.8, 4) is 11.3 Å². The van der Waals surface area contributed by atoms with Gasteiger partial charge < -0.3 is 24.6 Å². The van der Waals surface area contributed by atoms with Crippen molar-refractivity contribution in [2.24, 2.45) is 0 Å². The number of carbonyl (C=O) groups excluding carboxylic acids is 2. The minimum Gasteiger partial charge on any atom is -0.468 e. The normalized spacial score (nSPS) is 13.9. The summed E-state index contributed by atoms with van der Waals surface area (Å²) in [4.78, 5) is 45.8. The van der Waals surface area contributed by atoms with E-state index in [-0.39, 0.29) is 18.6 Å². The number of anilines is 3. The van der Waals surface area contributed by atoms with Crippen molar-refractivity contribution in [1.29, 1.82) is 0 Å². The molecule has 242 valence electrons. The van der Waals surface area contributed by atoms with Gasteiger partial charge in [-0.3, -0.25) is 14.6 Å². The standard InChI is InChI=1S/C33H46N8O4/c1-33(2,3)45-32(43)41-19-17-40(18-20-41)23-25-9-7-10-27(21-25)36-31-34-14-13-28(37-31)26-11-12-29(35-22-26)39(5)16-8-15-38(4)24-30(42)44-6/h7,9-14,21-22H,8,15-20,23-24H2,1-6H3,(H,34,36,37). The molecule has 45 heavy (non-hydrogen) atoms. The zero-order valence-electron chi connectivity index (χ0n) is 27.3. The van der Waals surface area contributed by atoms with Gasteiger partial charge in [0.15, 0.2) is 0 Å². The summed E-state index contributed by atoms with van der Waals surface area (Å²) in [6, 6.07) is 14.1. The van der Waals surface area contributed by atoms with Crippen LogP contribution in [0.15, 0.2) is 54.9 Å². The largest absolute Gasteiger partial charge is 0.468 e. The number of esters is 1. The lowest BCUT2D eigenvalue weighted by Gasteiger charge is -2.35. The van der Waals surface area contributed by atoms with Crippen LogP contribution in [-0.2, 0) is 20.8 Å². The minimum atomic E-state index is -0.489. The first-order chi connectivity index (χ1) is 21.5. The number of hydrogen-bond donors (Lipinski definition) is 1. The third-order valence-corrected chi connectivity index (χ3v) is 7.36. The monoisotopic (exact) mass is 618 g/mol. The molecule has 1 N–H and O–H groups in total. The molecule has 1 fully saturated rings. The molecule has 0 saturated carbocycles. The summed E-state index contributed by atoms with van der Waals surface area (Å²) < 4.78 is 10.2. The molecule has 0 atom stereocenters. The molecule has 12 nitrogen and oxygen atoms in total. The maximum absolute atomic E-state index is 12.4. The van der Waals surface area contributed by atoms with Crippen LogP contribution in [0.3, 0.4) is 0 Å². The zero-order chi connectivity index (χ0) is 32.4. The number of pyridine rings is 1. The molecule has 0 unspecified atom stereocenters. The average Bonchev–Trinajstić information content (AvgIpc) is 3.01. The van der Waals surface area contributed by atoms with Gasteiger partial charge in [-0.15, -0.1) is 0 Å². The van der Waals surface area contributed by atoms with Crippen LogP contribution in [-0.4, -0.2) is 114 Å². The lowest BCUT2D eigenvalue weighted by molar-refractivity contribution is -0.141. The SMILES string of the molecule is COC(=O)CN(C)CCCN(C)c1ccc(-c2ccnc(Nc3cccc(CN4CCN(C(=O)OC(C)(C)C)CC4)c3)n2)cn1.